The molecule has 0 saturated carbocycles. The first-order valence-electron chi connectivity index (χ1n) is 4.82. The summed E-state index contributed by atoms with van der Waals surface area (Å²) >= 11 is 3.17. The average molecular weight is 322 g/mol. The Labute approximate surface area is 108 Å². The molecule has 17 heavy (non-hydrogen) atoms. The van der Waals surface area contributed by atoms with Gasteiger partial charge in [0.2, 0.25) is 10.0 Å². The van der Waals surface area contributed by atoms with E-state index in [2.05, 4.69) is 20.7 Å². The van der Waals surface area contributed by atoms with Crippen molar-refractivity contribution in [1.29, 1.82) is 0 Å². The molecule has 5 nitrogen and oxygen atoms in total. The molecule has 0 unspecified atom stereocenters. The van der Waals surface area contributed by atoms with Crippen LogP contribution in [0.2, 0.25) is 0 Å². The summed E-state index contributed by atoms with van der Waals surface area (Å²) in [5.41, 5.74) is 0.183. The number of sulfonamides is 1. The van der Waals surface area contributed by atoms with Crippen LogP contribution in [0.1, 0.15) is 17.3 Å². The zero-order chi connectivity index (χ0) is 13.1. The van der Waals surface area contributed by atoms with Crippen LogP contribution in [0, 0.1) is 0 Å². The maximum atomic E-state index is 11.6. The molecule has 0 amide bonds. The smallest absolute Gasteiger partial charge is 0.339 e. The Morgan fingerprint density at radius 1 is 1.47 bits per heavy atom. The van der Waals surface area contributed by atoms with E-state index in [4.69, 9.17) is 4.74 Å². The topological polar surface area (TPSA) is 72.5 Å². The van der Waals surface area contributed by atoms with Crippen LogP contribution >= 0.6 is 15.9 Å². The van der Waals surface area contributed by atoms with E-state index in [9.17, 15) is 13.2 Å². The van der Waals surface area contributed by atoms with E-state index in [-0.39, 0.29) is 17.1 Å². The van der Waals surface area contributed by atoms with Crippen LogP contribution in [-0.2, 0) is 14.8 Å². The second-order valence-corrected chi connectivity index (χ2v) is 5.81. The fourth-order valence-corrected chi connectivity index (χ4v) is 2.32. The normalized spacial score (nSPS) is 11.2. The molecule has 0 bridgehead atoms. The quantitative estimate of drug-likeness (QED) is 0.854. The number of carbonyl (C=O) groups excluding carboxylic acids is 1. The van der Waals surface area contributed by atoms with Crippen molar-refractivity contribution in [3.05, 3.63) is 28.2 Å². The number of halogens is 1. The fourth-order valence-electron chi connectivity index (χ4n) is 1.15. The lowest BCUT2D eigenvalue weighted by atomic mass is 10.2. The molecule has 0 atom stereocenters. The Kier molecular flexibility index (Phi) is 4.67. The van der Waals surface area contributed by atoms with Crippen LogP contribution in [0.5, 0.6) is 0 Å². The van der Waals surface area contributed by atoms with Crippen molar-refractivity contribution < 1.29 is 17.9 Å². The van der Waals surface area contributed by atoms with Crippen molar-refractivity contribution in [2.45, 2.75) is 11.8 Å². The van der Waals surface area contributed by atoms with Crippen LogP contribution < -0.4 is 4.72 Å². The molecule has 0 aromatic heterocycles. The van der Waals surface area contributed by atoms with Gasteiger partial charge in [-0.1, -0.05) is 0 Å². The van der Waals surface area contributed by atoms with E-state index < -0.39 is 16.0 Å². The summed E-state index contributed by atoms with van der Waals surface area (Å²) < 4.78 is 30.6. The SMILES string of the molecule is CCOC(=O)c1cc(S(=O)(=O)NC)ccc1Br. The van der Waals surface area contributed by atoms with Crippen molar-refractivity contribution >= 4 is 31.9 Å². The Bertz CT molecular complexity index is 527. The van der Waals surface area contributed by atoms with E-state index >= 15 is 0 Å². The van der Waals surface area contributed by atoms with Crippen molar-refractivity contribution in [3.63, 3.8) is 0 Å². The molecule has 0 radical (unpaired) electrons. The lowest BCUT2D eigenvalue weighted by Gasteiger charge is -2.07. The standard InChI is InChI=1S/C10H12BrNO4S/c1-3-16-10(13)8-6-7(4-5-9(8)11)17(14,15)12-2/h4-6,12H,3H2,1-2H3. The van der Waals surface area contributed by atoms with Gasteiger partial charge in [-0.3, -0.25) is 0 Å². The molecular formula is C10H12BrNO4S. The Balaban J connectivity index is 3.25. The summed E-state index contributed by atoms with van der Waals surface area (Å²) in [6.45, 7) is 1.91. The second-order valence-electron chi connectivity index (χ2n) is 3.07. The Morgan fingerprint density at radius 3 is 2.65 bits per heavy atom. The second kappa shape index (κ2) is 5.61. The molecule has 94 valence electrons. The van der Waals surface area contributed by atoms with Gasteiger partial charge in [-0.05, 0) is 48.1 Å². The van der Waals surface area contributed by atoms with E-state index in [1.807, 2.05) is 0 Å². The van der Waals surface area contributed by atoms with Crippen molar-refractivity contribution in [3.8, 4) is 0 Å². The molecule has 0 spiro atoms. The number of rotatable bonds is 4. The minimum Gasteiger partial charge on any atom is -0.462 e. The third-order valence-corrected chi connectivity index (χ3v) is 4.12. The average Bonchev–Trinajstić information content (AvgIpc) is 2.29. The van der Waals surface area contributed by atoms with Crippen LogP contribution in [0.15, 0.2) is 27.6 Å². The number of esters is 1. The minimum absolute atomic E-state index is 0.0197. The maximum Gasteiger partial charge on any atom is 0.339 e. The van der Waals surface area contributed by atoms with Crippen LogP contribution in [0.4, 0.5) is 0 Å². The van der Waals surface area contributed by atoms with Crippen LogP contribution in [0.25, 0.3) is 0 Å². The van der Waals surface area contributed by atoms with Crippen molar-refractivity contribution in [2.24, 2.45) is 0 Å². The van der Waals surface area contributed by atoms with Crippen LogP contribution in [-0.4, -0.2) is 28.0 Å². The molecule has 1 aromatic rings. The molecule has 0 aliphatic rings. The third kappa shape index (κ3) is 3.27. The van der Waals surface area contributed by atoms with E-state index in [1.54, 1.807) is 6.92 Å². The zero-order valence-corrected chi connectivity index (χ0v) is 11.8. The van der Waals surface area contributed by atoms with Gasteiger partial charge in [-0.25, -0.2) is 17.9 Å². The van der Waals surface area contributed by atoms with Gasteiger partial charge >= 0.3 is 5.97 Å². The largest absolute Gasteiger partial charge is 0.462 e. The summed E-state index contributed by atoms with van der Waals surface area (Å²) in [6.07, 6.45) is 0. The van der Waals surface area contributed by atoms with Crippen LogP contribution in [0.3, 0.4) is 0 Å². The fraction of sp³-hybridized carbons (Fsp3) is 0.300. The molecule has 0 saturated heterocycles. The molecular weight excluding hydrogens is 310 g/mol. The highest BCUT2D eigenvalue weighted by atomic mass is 79.9. The van der Waals surface area contributed by atoms with Crippen molar-refractivity contribution in [2.75, 3.05) is 13.7 Å². The van der Waals surface area contributed by atoms with Gasteiger partial charge in [0.25, 0.3) is 0 Å². The van der Waals surface area contributed by atoms with Gasteiger partial charge in [0.1, 0.15) is 0 Å². The molecule has 1 rings (SSSR count). The highest BCUT2D eigenvalue weighted by Crippen LogP contribution is 2.21. The lowest BCUT2D eigenvalue weighted by Crippen LogP contribution is -2.19. The third-order valence-electron chi connectivity index (χ3n) is 2.01. The summed E-state index contributed by atoms with van der Waals surface area (Å²) in [5, 5.41) is 0. The molecule has 0 fully saturated rings. The van der Waals surface area contributed by atoms with Gasteiger partial charge in [-0.2, -0.15) is 0 Å². The monoisotopic (exact) mass is 321 g/mol. The molecule has 0 aliphatic carbocycles. The first kappa shape index (κ1) is 14.1. The highest BCUT2D eigenvalue weighted by Gasteiger charge is 2.17. The Hall–Kier alpha value is -0.920. The summed E-state index contributed by atoms with van der Waals surface area (Å²) in [7, 11) is -2.26. The van der Waals surface area contributed by atoms with E-state index in [0.29, 0.717) is 4.47 Å². The number of nitrogens with one attached hydrogen (secondary N) is 1. The van der Waals surface area contributed by atoms with Gasteiger partial charge < -0.3 is 4.74 Å². The molecule has 7 heteroatoms. The number of benzene rings is 1. The number of hydrogen-bond donors (Lipinski definition) is 1. The molecule has 0 aliphatic heterocycles. The van der Waals surface area contributed by atoms with Gasteiger partial charge in [0, 0.05) is 4.47 Å². The van der Waals surface area contributed by atoms with Gasteiger partial charge in [0.15, 0.2) is 0 Å². The first-order valence-corrected chi connectivity index (χ1v) is 7.10. The highest BCUT2D eigenvalue weighted by molar-refractivity contribution is 9.10. The Morgan fingerprint density at radius 2 is 2.12 bits per heavy atom. The molecule has 0 heterocycles. The minimum atomic E-state index is -3.56. The summed E-state index contributed by atoms with van der Waals surface area (Å²) in [6, 6.07) is 4.17. The number of carbonyl (C=O) groups is 1. The van der Waals surface area contributed by atoms with Crippen molar-refractivity contribution in [1.82, 2.24) is 4.72 Å². The number of ether oxygens (including phenoxy) is 1. The zero-order valence-electron chi connectivity index (χ0n) is 9.36. The predicted octanol–water partition coefficient (Wildman–Crippen LogP) is 1.53. The van der Waals surface area contributed by atoms with E-state index in [0.717, 1.165) is 0 Å². The molecule has 1 aromatic carbocycles. The molecule has 1 N–H and O–H groups in total. The number of hydrogen-bond acceptors (Lipinski definition) is 4. The summed E-state index contributed by atoms with van der Waals surface area (Å²) in [5.74, 6) is -0.562. The van der Waals surface area contributed by atoms with E-state index in [1.165, 1.54) is 25.2 Å². The maximum absolute atomic E-state index is 11.6. The predicted molar refractivity (Wildman–Crippen MR) is 66.3 cm³/mol. The first-order chi connectivity index (χ1) is 7.92. The van der Waals surface area contributed by atoms with Gasteiger partial charge in [-0.15, -0.1) is 0 Å². The lowest BCUT2D eigenvalue weighted by molar-refractivity contribution is 0.0525. The van der Waals surface area contributed by atoms with Gasteiger partial charge in [0.05, 0.1) is 17.1 Å². The summed E-state index contributed by atoms with van der Waals surface area (Å²) in [4.78, 5) is 11.6.